The number of hydrogen-bond donors (Lipinski definition) is 0. The van der Waals surface area contributed by atoms with E-state index in [2.05, 4.69) is 19.7 Å². The highest BCUT2D eigenvalue weighted by molar-refractivity contribution is 7.09. The molecule has 0 aliphatic carbocycles. The highest BCUT2D eigenvalue weighted by Gasteiger charge is 1.88. The molecule has 0 bridgehead atoms. The molecule has 0 unspecified atom stereocenters. The predicted molar refractivity (Wildman–Crippen MR) is 74.4 cm³/mol. The van der Waals surface area contributed by atoms with Gasteiger partial charge < -0.3 is 0 Å². The standard InChI is InChI=1S/C5H7NS.C4H6N2S.2CH4/c1-4-3-7-5(2)6-4;1-3-5-4(2)7-6-3;;/h3H,1-2H3;1-2H3;2*1H4. The SMILES string of the molecule is C.C.Cc1csc(C)n1.Cc1nsc(C)n1. The Balaban J connectivity index is 0. The van der Waals surface area contributed by atoms with Gasteiger partial charge in [0.25, 0.3) is 0 Å². The maximum Gasteiger partial charge on any atom is 0.139 e. The summed E-state index contributed by atoms with van der Waals surface area (Å²) in [5.74, 6) is 0.877. The van der Waals surface area contributed by atoms with E-state index in [1.807, 2.05) is 27.7 Å². The van der Waals surface area contributed by atoms with Crippen LogP contribution in [0.5, 0.6) is 0 Å². The van der Waals surface area contributed by atoms with E-state index in [4.69, 9.17) is 0 Å². The van der Waals surface area contributed by atoms with E-state index >= 15 is 0 Å². The molecule has 2 aromatic heterocycles. The van der Waals surface area contributed by atoms with Crippen LogP contribution in [0.25, 0.3) is 0 Å². The van der Waals surface area contributed by atoms with Crippen LogP contribution < -0.4 is 0 Å². The molecule has 0 aromatic carbocycles. The molecule has 0 saturated heterocycles. The molecule has 0 saturated carbocycles. The zero-order valence-electron chi connectivity index (χ0n) is 8.74. The Labute approximate surface area is 107 Å². The second kappa shape index (κ2) is 8.35. The average molecular weight is 259 g/mol. The molecule has 92 valence electrons. The van der Waals surface area contributed by atoms with Gasteiger partial charge in [0.05, 0.1) is 5.01 Å². The van der Waals surface area contributed by atoms with Crippen molar-refractivity contribution >= 4 is 22.9 Å². The first-order valence-corrected chi connectivity index (χ1v) is 5.89. The van der Waals surface area contributed by atoms with E-state index in [0.717, 1.165) is 21.5 Å². The predicted octanol–water partition coefficient (Wildman–Crippen LogP) is 4.19. The molecule has 2 aromatic rings. The number of hydrogen-bond acceptors (Lipinski definition) is 5. The van der Waals surface area contributed by atoms with Crippen molar-refractivity contribution < 1.29 is 0 Å². The molecule has 3 nitrogen and oxygen atoms in total. The minimum Gasteiger partial charge on any atom is -0.247 e. The smallest absolute Gasteiger partial charge is 0.139 e. The molecule has 0 aliphatic heterocycles. The first kappa shape index (κ1) is 17.6. The van der Waals surface area contributed by atoms with Gasteiger partial charge in [-0.05, 0) is 39.2 Å². The van der Waals surface area contributed by atoms with Crippen LogP contribution in [0.3, 0.4) is 0 Å². The van der Waals surface area contributed by atoms with Gasteiger partial charge in [-0.3, -0.25) is 0 Å². The fraction of sp³-hybridized carbons (Fsp3) is 0.545. The van der Waals surface area contributed by atoms with Gasteiger partial charge >= 0.3 is 0 Å². The fourth-order valence-electron chi connectivity index (χ4n) is 0.872. The Morgan fingerprint density at radius 3 is 1.69 bits per heavy atom. The molecule has 0 spiro atoms. The van der Waals surface area contributed by atoms with E-state index in [1.165, 1.54) is 11.5 Å². The first-order valence-electron chi connectivity index (χ1n) is 4.23. The Kier molecular flexibility index (Phi) is 9.18. The molecule has 0 radical (unpaired) electrons. The van der Waals surface area contributed by atoms with Crippen LogP contribution in [0.4, 0.5) is 0 Å². The van der Waals surface area contributed by atoms with Crippen LogP contribution in [-0.2, 0) is 0 Å². The van der Waals surface area contributed by atoms with Crippen molar-refractivity contribution in [2.45, 2.75) is 42.5 Å². The van der Waals surface area contributed by atoms with Gasteiger partial charge in [-0.2, -0.15) is 4.37 Å². The highest BCUT2D eigenvalue weighted by Crippen LogP contribution is 2.04. The Bertz CT molecular complexity index is 322. The molecular formula is C11H21N3S2. The van der Waals surface area contributed by atoms with Crippen LogP contribution in [-0.4, -0.2) is 14.3 Å². The quantitative estimate of drug-likeness (QED) is 0.712. The van der Waals surface area contributed by atoms with E-state index in [9.17, 15) is 0 Å². The van der Waals surface area contributed by atoms with Crippen LogP contribution in [0.1, 0.15) is 36.4 Å². The second-order valence-electron chi connectivity index (χ2n) is 2.87. The normalized spacial score (nSPS) is 8.25. The summed E-state index contributed by atoms with van der Waals surface area (Å²) in [6.45, 7) is 7.86. The summed E-state index contributed by atoms with van der Waals surface area (Å²) in [6.07, 6.45) is 0. The van der Waals surface area contributed by atoms with E-state index in [1.54, 1.807) is 11.3 Å². The molecule has 0 N–H and O–H groups in total. The summed E-state index contributed by atoms with van der Waals surface area (Å²) in [5.41, 5.74) is 1.13. The lowest BCUT2D eigenvalue weighted by Crippen LogP contribution is -1.70. The zero-order chi connectivity index (χ0) is 10.6. The Morgan fingerprint density at radius 2 is 1.56 bits per heavy atom. The van der Waals surface area contributed by atoms with Crippen LogP contribution in [0, 0.1) is 27.7 Å². The maximum atomic E-state index is 4.13. The van der Waals surface area contributed by atoms with Crippen molar-refractivity contribution in [1.29, 1.82) is 0 Å². The highest BCUT2D eigenvalue weighted by atomic mass is 32.1. The average Bonchev–Trinajstić information content (AvgIpc) is 2.63. The lowest BCUT2D eigenvalue weighted by atomic mass is 10.6. The number of aromatic nitrogens is 3. The van der Waals surface area contributed by atoms with Crippen molar-refractivity contribution in [2.24, 2.45) is 0 Å². The molecule has 0 fully saturated rings. The monoisotopic (exact) mass is 259 g/mol. The molecule has 0 atom stereocenters. The maximum absolute atomic E-state index is 4.13. The topological polar surface area (TPSA) is 38.7 Å². The Morgan fingerprint density at radius 1 is 0.938 bits per heavy atom. The van der Waals surface area contributed by atoms with E-state index in [0.29, 0.717) is 0 Å². The molecule has 5 heteroatoms. The zero-order valence-corrected chi connectivity index (χ0v) is 10.4. The summed E-state index contributed by atoms with van der Waals surface area (Å²) < 4.78 is 3.95. The van der Waals surface area contributed by atoms with Gasteiger partial charge in [0.15, 0.2) is 0 Å². The van der Waals surface area contributed by atoms with Crippen molar-refractivity contribution in [3.63, 3.8) is 0 Å². The van der Waals surface area contributed by atoms with Gasteiger partial charge in [0, 0.05) is 11.1 Å². The van der Waals surface area contributed by atoms with Crippen LogP contribution in [0.2, 0.25) is 0 Å². The Hall–Kier alpha value is -0.810. The third kappa shape index (κ3) is 6.63. The third-order valence-corrected chi connectivity index (χ3v) is 2.97. The van der Waals surface area contributed by atoms with Gasteiger partial charge in [0.1, 0.15) is 10.8 Å². The van der Waals surface area contributed by atoms with E-state index < -0.39 is 0 Å². The number of rotatable bonds is 0. The minimum atomic E-state index is 0. The molecule has 0 amide bonds. The van der Waals surface area contributed by atoms with Crippen molar-refractivity contribution in [2.75, 3.05) is 0 Å². The van der Waals surface area contributed by atoms with Crippen LogP contribution in [0.15, 0.2) is 5.38 Å². The van der Waals surface area contributed by atoms with Gasteiger partial charge in [-0.15, -0.1) is 11.3 Å². The number of thiazole rings is 1. The lowest BCUT2D eigenvalue weighted by molar-refractivity contribution is 1.13. The molecule has 2 heterocycles. The van der Waals surface area contributed by atoms with Gasteiger partial charge in [-0.25, -0.2) is 9.97 Å². The number of nitrogens with zero attached hydrogens (tertiary/aromatic N) is 3. The molecule has 2 rings (SSSR count). The molecular weight excluding hydrogens is 238 g/mol. The molecule has 0 aliphatic rings. The van der Waals surface area contributed by atoms with Crippen molar-refractivity contribution in [3.05, 3.63) is 26.9 Å². The second-order valence-corrected chi connectivity index (χ2v) is 4.89. The summed E-state index contributed by atoms with van der Waals surface area (Å²) in [6, 6.07) is 0. The van der Waals surface area contributed by atoms with E-state index in [-0.39, 0.29) is 14.9 Å². The summed E-state index contributed by atoms with van der Waals surface area (Å²) >= 11 is 3.14. The lowest BCUT2D eigenvalue weighted by Gasteiger charge is -1.71. The summed E-state index contributed by atoms with van der Waals surface area (Å²) in [4.78, 5) is 8.15. The third-order valence-electron chi connectivity index (χ3n) is 1.36. The van der Waals surface area contributed by atoms with Crippen molar-refractivity contribution in [3.8, 4) is 0 Å². The fourth-order valence-corrected chi connectivity index (χ4v) is 1.94. The van der Waals surface area contributed by atoms with Gasteiger partial charge in [-0.1, -0.05) is 14.9 Å². The summed E-state index contributed by atoms with van der Waals surface area (Å²) in [7, 11) is 0. The summed E-state index contributed by atoms with van der Waals surface area (Å²) in [5, 5.41) is 4.24. The largest absolute Gasteiger partial charge is 0.247 e. The van der Waals surface area contributed by atoms with Crippen LogP contribution >= 0.6 is 22.9 Å². The molecule has 16 heavy (non-hydrogen) atoms. The van der Waals surface area contributed by atoms with Gasteiger partial charge in [0.2, 0.25) is 0 Å². The first-order chi connectivity index (χ1) is 6.58. The van der Waals surface area contributed by atoms with Crippen molar-refractivity contribution in [1.82, 2.24) is 14.3 Å². The minimum absolute atomic E-state index is 0. The number of aryl methyl sites for hydroxylation is 4.